The molecule has 2 amide bonds. The molecule has 0 heterocycles. The zero-order valence-corrected chi connectivity index (χ0v) is 14.7. The molecule has 0 aromatic heterocycles. The third kappa shape index (κ3) is 6.08. The lowest BCUT2D eigenvalue weighted by molar-refractivity contribution is -0.123. The van der Waals surface area contributed by atoms with Crippen LogP contribution in [0.4, 0.5) is 13.2 Å². The minimum Gasteiger partial charge on any atom is -0.490 e. The molecule has 0 saturated heterocycles. The number of rotatable bonds is 8. The van der Waals surface area contributed by atoms with Gasteiger partial charge in [-0.25, -0.2) is 4.39 Å². The third-order valence-corrected chi connectivity index (χ3v) is 3.23. The average molecular weight is 398 g/mol. The van der Waals surface area contributed by atoms with E-state index in [1.165, 1.54) is 36.4 Å². The first kappa shape index (κ1) is 20.9. The Kier molecular flexibility index (Phi) is 7.49. The van der Waals surface area contributed by atoms with Crippen LogP contribution in [0.25, 0.3) is 0 Å². The molecule has 0 unspecified atom stereocenters. The van der Waals surface area contributed by atoms with E-state index in [9.17, 15) is 22.8 Å². The van der Waals surface area contributed by atoms with Gasteiger partial charge in [-0.15, -0.1) is 0 Å². The maximum absolute atomic E-state index is 13.4. The summed E-state index contributed by atoms with van der Waals surface area (Å²) in [7, 11) is 0. The first-order chi connectivity index (χ1) is 13.4. The fourth-order valence-corrected chi connectivity index (χ4v) is 2.05. The largest absolute Gasteiger partial charge is 0.490 e. The summed E-state index contributed by atoms with van der Waals surface area (Å²) in [5.41, 5.74) is 4.24. The van der Waals surface area contributed by atoms with Gasteiger partial charge in [-0.2, -0.15) is 8.78 Å². The van der Waals surface area contributed by atoms with Crippen LogP contribution in [-0.2, 0) is 4.79 Å². The molecule has 7 nitrogen and oxygen atoms in total. The molecule has 0 radical (unpaired) electrons. The second kappa shape index (κ2) is 10.0. The number of hydrogen-bond acceptors (Lipinski definition) is 5. The molecule has 28 heavy (non-hydrogen) atoms. The number of alkyl halides is 2. The molecule has 0 spiro atoms. The van der Waals surface area contributed by atoms with Crippen molar-refractivity contribution in [3.8, 4) is 17.2 Å². The molecule has 2 aromatic carbocycles. The number of nitrogens with one attached hydrogen (secondary N) is 2. The molecular formula is C18H17F3N2O5. The smallest absolute Gasteiger partial charge is 0.387 e. The zero-order chi connectivity index (χ0) is 20.5. The van der Waals surface area contributed by atoms with Crippen molar-refractivity contribution in [2.24, 2.45) is 0 Å². The number of halogens is 3. The number of hydrogen-bond donors (Lipinski definition) is 2. The number of para-hydroxylation sites is 1. The van der Waals surface area contributed by atoms with E-state index in [1.54, 1.807) is 6.92 Å². The van der Waals surface area contributed by atoms with Gasteiger partial charge in [-0.1, -0.05) is 12.1 Å². The van der Waals surface area contributed by atoms with Crippen LogP contribution in [0, 0.1) is 5.82 Å². The van der Waals surface area contributed by atoms with Gasteiger partial charge in [0.25, 0.3) is 11.8 Å². The number of carbonyl (C=O) groups is 2. The third-order valence-electron chi connectivity index (χ3n) is 3.23. The summed E-state index contributed by atoms with van der Waals surface area (Å²) >= 11 is 0. The minimum atomic E-state index is -3.05. The van der Waals surface area contributed by atoms with Crippen LogP contribution in [0.3, 0.4) is 0 Å². The summed E-state index contributed by atoms with van der Waals surface area (Å²) in [6.45, 7) is -1.79. The number of amides is 2. The topological polar surface area (TPSA) is 85.9 Å². The van der Waals surface area contributed by atoms with Crippen molar-refractivity contribution in [1.29, 1.82) is 0 Å². The van der Waals surface area contributed by atoms with Crippen molar-refractivity contribution < 1.29 is 37.0 Å². The minimum absolute atomic E-state index is 0.0281. The molecule has 0 atom stereocenters. The van der Waals surface area contributed by atoms with Gasteiger partial charge in [0.1, 0.15) is 0 Å². The SMILES string of the molecule is CCOc1cc(C(=O)NNC(=O)COc2ccccc2F)ccc1OC(F)F. The Hall–Kier alpha value is -3.43. The van der Waals surface area contributed by atoms with Gasteiger partial charge >= 0.3 is 6.61 Å². The highest BCUT2D eigenvalue weighted by Crippen LogP contribution is 2.29. The van der Waals surface area contributed by atoms with Crippen LogP contribution in [-0.4, -0.2) is 31.6 Å². The Morgan fingerprint density at radius 1 is 1.00 bits per heavy atom. The normalized spacial score (nSPS) is 10.3. The van der Waals surface area contributed by atoms with Gasteiger partial charge in [0, 0.05) is 5.56 Å². The summed E-state index contributed by atoms with van der Waals surface area (Å²) < 4.78 is 52.6. The van der Waals surface area contributed by atoms with Crippen molar-refractivity contribution in [3.63, 3.8) is 0 Å². The molecule has 0 aliphatic heterocycles. The predicted octanol–water partition coefficient (Wildman–Crippen LogP) is 2.67. The molecule has 150 valence electrons. The molecule has 2 N–H and O–H groups in total. The Bertz CT molecular complexity index is 833. The molecule has 0 fully saturated rings. The molecule has 0 bridgehead atoms. The van der Waals surface area contributed by atoms with E-state index in [2.05, 4.69) is 15.6 Å². The summed E-state index contributed by atoms with van der Waals surface area (Å²) in [6, 6.07) is 9.09. The maximum Gasteiger partial charge on any atom is 0.387 e. The lowest BCUT2D eigenvalue weighted by Crippen LogP contribution is -2.43. The van der Waals surface area contributed by atoms with Crippen molar-refractivity contribution >= 4 is 11.8 Å². The van der Waals surface area contributed by atoms with Crippen LogP contribution in [0.15, 0.2) is 42.5 Å². The lowest BCUT2D eigenvalue weighted by atomic mass is 10.2. The van der Waals surface area contributed by atoms with Gasteiger partial charge in [0.05, 0.1) is 6.61 Å². The van der Waals surface area contributed by atoms with Gasteiger partial charge < -0.3 is 14.2 Å². The fraction of sp³-hybridized carbons (Fsp3) is 0.222. The first-order valence-corrected chi connectivity index (χ1v) is 8.09. The van der Waals surface area contributed by atoms with Crippen LogP contribution in [0.2, 0.25) is 0 Å². The second-order valence-electron chi connectivity index (χ2n) is 5.19. The highest BCUT2D eigenvalue weighted by atomic mass is 19.3. The Labute approximate surface area is 158 Å². The number of benzene rings is 2. The molecule has 0 saturated carbocycles. The summed E-state index contributed by atoms with van der Waals surface area (Å²) in [5.74, 6) is -2.49. The first-order valence-electron chi connectivity index (χ1n) is 8.09. The van der Waals surface area contributed by atoms with E-state index < -0.39 is 30.8 Å². The quantitative estimate of drug-likeness (QED) is 0.668. The number of ether oxygens (including phenoxy) is 3. The lowest BCUT2D eigenvalue weighted by Gasteiger charge is -2.13. The van der Waals surface area contributed by atoms with E-state index in [0.29, 0.717) is 0 Å². The van der Waals surface area contributed by atoms with Crippen LogP contribution >= 0.6 is 0 Å². The summed E-state index contributed by atoms with van der Waals surface area (Å²) in [5, 5.41) is 0. The monoisotopic (exact) mass is 398 g/mol. The van der Waals surface area contributed by atoms with Gasteiger partial charge in [0.15, 0.2) is 29.7 Å². The summed E-state index contributed by atoms with van der Waals surface area (Å²) in [4.78, 5) is 23.8. The maximum atomic E-state index is 13.4. The van der Waals surface area contributed by atoms with Crippen molar-refractivity contribution in [2.45, 2.75) is 13.5 Å². The van der Waals surface area contributed by atoms with E-state index in [4.69, 9.17) is 9.47 Å². The molecule has 0 aliphatic carbocycles. The number of carbonyl (C=O) groups excluding carboxylic acids is 2. The van der Waals surface area contributed by atoms with Gasteiger partial charge in [0.2, 0.25) is 0 Å². The van der Waals surface area contributed by atoms with E-state index in [-0.39, 0.29) is 29.4 Å². The molecule has 2 rings (SSSR count). The Morgan fingerprint density at radius 2 is 1.75 bits per heavy atom. The standard InChI is InChI=1S/C18H17F3N2O5/c1-2-26-15-9-11(7-8-14(15)28-18(20)21)17(25)23-22-16(24)10-27-13-6-4-3-5-12(13)19/h3-9,18H,2,10H2,1H3,(H,22,24)(H,23,25). The number of hydrazine groups is 1. The van der Waals surface area contributed by atoms with Crippen molar-refractivity contribution in [3.05, 3.63) is 53.8 Å². The van der Waals surface area contributed by atoms with E-state index >= 15 is 0 Å². The fourth-order valence-electron chi connectivity index (χ4n) is 2.05. The van der Waals surface area contributed by atoms with Crippen LogP contribution in [0.5, 0.6) is 17.2 Å². The Balaban J connectivity index is 1.92. The average Bonchev–Trinajstić information content (AvgIpc) is 2.66. The van der Waals surface area contributed by atoms with Crippen LogP contribution in [0.1, 0.15) is 17.3 Å². The molecular weight excluding hydrogens is 381 g/mol. The van der Waals surface area contributed by atoms with E-state index in [1.807, 2.05) is 0 Å². The zero-order valence-electron chi connectivity index (χ0n) is 14.7. The second-order valence-corrected chi connectivity index (χ2v) is 5.19. The van der Waals surface area contributed by atoms with Crippen LogP contribution < -0.4 is 25.1 Å². The molecule has 2 aromatic rings. The van der Waals surface area contributed by atoms with Crippen molar-refractivity contribution in [2.75, 3.05) is 13.2 Å². The Morgan fingerprint density at radius 3 is 2.43 bits per heavy atom. The molecule has 0 aliphatic rings. The van der Waals surface area contributed by atoms with Gasteiger partial charge in [-0.05, 0) is 37.3 Å². The van der Waals surface area contributed by atoms with Crippen molar-refractivity contribution in [1.82, 2.24) is 10.9 Å². The van der Waals surface area contributed by atoms with E-state index in [0.717, 1.165) is 6.07 Å². The highest BCUT2D eigenvalue weighted by molar-refractivity contribution is 5.96. The van der Waals surface area contributed by atoms with Gasteiger partial charge in [-0.3, -0.25) is 20.4 Å². The highest BCUT2D eigenvalue weighted by Gasteiger charge is 2.15. The predicted molar refractivity (Wildman–Crippen MR) is 91.7 cm³/mol. The summed E-state index contributed by atoms with van der Waals surface area (Å²) in [6.07, 6.45) is 0. The molecule has 10 heteroatoms.